The van der Waals surface area contributed by atoms with Gasteiger partial charge in [0.2, 0.25) is 0 Å². The van der Waals surface area contributed by atoms with Crippen molar-refractivity contribution in [3.63, 3.8) is 0 Å². The van der Waals surface area contributed by atoms with Crippen LogP contribution in [0.15, 0.2) is 58.7 Å². The van der Waals surface area contributed by atoms with E-state index in [1.807, 2.05) is 0 Å². The highest BCUT2D eigenvalue weighted by Crippen LogP contribution is 2.14. The van der Waals surface area contributed by atoms with Gasteiger partial charge in [-0.2, -0.15) is 0 Å². The van der Waals surface area contributed by atoms with Crippen molar-refractivity contribution >= 4 is 51.4 Å². The first-order valence-electron chi connectivity index (χ1n) is 8.75. The van der Waals surface area contributed by atoms with E-state index >= 15 is 0 Å². The maximum absolute atomic E-state index is 12.8. The third-order valence-electron chi connectivity index (χ3n) is 4.00. The number of hydrogen-bond donors (Lipinski definition) is 3. The van der Waals surface area contributed by atoms with Crippen molar-refractivity contribution in [1.29, 1.82) is 0 Å². The minimum Gasteiger partial charge on any atom is -0.480 e. The Morgan fingerprint density at radius 1 is 1.03 bits per heavy atom. The number of halogens is 2. The summed E-state index contributed by atoms with van der Waals surface area (Å²) in [6.07, 6.45) is 1.46. The molecule has 0 saturated carbocycles. The van der Waals surface area contributed by atoms with E-state index in [-0.39, 0.29) is 11.6 Å². The van der Waals surface area contributed by atoms with E-state index in [1.165, 1.54) is 6.08 Å². The Balaban J connectivity index is 2.33. The lowest BCUT2D eigenvalue weighted by Crippen LogP contribution is -2.47. The molecule has 1 unspecified atom stereocenters. The summed E-state index contributed by atoms with van der Waals surface area (Å²) in [7, 11) is 0. The number of carboxylic acid groups (broad SMARTS) is 1. The summed E-state index contributed by atoms with van der Waals surface area (Å²) in [4.78, 5) is 36.8. The highest BCUT2D eigenvalue weighted by atomic mass is 79.9. The van der Waals surface area contributed by atoms with Crippen LogP contribution in [0, 0.1) is 5.92 Å². The second-order valence-electron chi connectivity index (χ2n) is 6.60. The van der Waals surface area contributed by atoms with Gasteiger partial charge in [-0.25, -0.2) is 4.79 Å². The zero-order valence-electron chi connectivity index (χ0n) is 15.8. The van der Waals surface area contributed by atoms with Gasteiger partial charge < -0.3 is 15.7 Å². The average molecular weight is 480 g/mol. The molecule has 2 aromatic carbocycles. The van der Waals surface area contributed by atoms with Crippen LogP contribution < -0.4 is 10.6 Å². The molecule has 0 bridgehead atoms. The van der Waals surface area contributed by atoms with Crippen molar-refractivity contribution < 1.29 is 19.5 Å². The average Bonchev–Trinajstić information content (AvgIpc) is 2.67. The Bertz CT molecular complexity index is 925. The molecule has 152 valence electrons. The van der Waals surface area contributed by atoms with Gasteiger partial charge in [0.1, 0.15) is 11.7 Å². The number of nitrogens with one attached hydrogen (secondary N) is 2. The van der Waals surface area contributed by atoms with E-state index in [4.69, 9.17) is 11.6 Å². The fourth-order valence-electron chi connectivity index (χ4n) is 2.41. The number of rotatable bonds is 7. The molecule has 0 aliphatic heterocycles. The molecule has 0 spiro atoms. The van der Waals surface area contributed by atoms with E-state index in [0.29, 0.717) is 16.1 Å². The molecule has 0 saturated heterocycles. The lowest BCUT2D eigenvalue weighted by molar-refractivity contribution is -0.142. The van der Waals surface area contributed by atoms with E-state index in [1.54, 1.807) is 62.4 Å². The van der Waals surface area contributed by atoms with Crippen LogP contribution in [0.2, 0.25) is 5.02 Å². The molecule has 0 fully saturated rings. The molecule has 0 aliphatic carbocycles. The fourth-order valence-corrected chi connectivity index (χ4v) is 2.80. The molecule has 1 atom stereocenters. The predicted molar refractivity (Wildman–Crippen MR) is 115 cm³/mol. The maximum Gasteiger partial charge on any atom is 0.326 e. The lowest BCUT2D eigenvalue weighted by atomic mass is 10.0. The summed E-state index contributed by atoms with van der Waals surface area (Å²) in [6.45, 7) is 3.37. The monoisotopic (exact) mass is 478 g/mol. The van der Waals surface area contributed by atoms with Crippen LogP contribution in [0.5, 0.6) is 0 Å². The molecular formula is C21H20BrClN2O4. The summed E-state index contributed by atoms with van der Waals surface area (Å²) in [6, 6.07) is 12.2. The third kappa shape index (κ3) is 6.73. The first-order valence-corrected chi connectivity index (χ1v) is 9.92. The molecule has 0 heterocycles. The van der Waals surface area contributed by atoms with Crippen LogP contribution in [0.4, 0.5) is 0 Å². The highest BCUT2D eigenvalue weighted by molar-refractivity contribution is 9.10. The van der Waals surface area contributed by atoms with Gasteiger partial charge >= 0.3 is 5.97 Å². The topological polar surface area (TPSA) is 95.5 Å². The smallest absolute Gasteiger partial charge is 0.326 e. The van der Waals surface area contributed by atoms with Crippen molar-refractivity contribution in [2.45, 2.75) is 19.9 Å². The van der Waals surface area contributed by atoms with Crippen molar-refractivity contribution in [2.24, 2.45) is 5.92 Å². The van der Waals surface area contributed by atoms with Gasteiger partial charge in [0, 0.05) is 15.1 Å². The first kappa shape index (κ1) is 22.6. The number of carbonyl (C=O) groups is 3. The van der Waals surface area contributed by atoms with Crippen molar-refractivity contribution in [3.8, 4) is 0 Å². The summed E-state index contributed by atoms with van der Waals surface area (Å²) >= 11 is 9.19. The Hall–Kier alpha value is -2.64. The molecule has 2 rings (SSSR count). The van der Waals surface area contributed by atoms with Crippen molar-refractivity contribution in [1.82, 2.24) is 10.6 Å². The molecule has 0 aliphatic rings. The van der Waals surface area contributed by atoms with Gasteiger partial charge in [0.15, 0.2) is 0 Å². The Labute approximate surface area is 182 Å². The zero-order valence-corrected chi connectivity index (χ0v) is 18.1. The Morgan fingerprint density at radius 2 is 1.62 bits per heavy atom. The number of aliphatic carboxylic acids is 1. The van der Waals surface area contributed by atoms with Gasteiger partial charge in [0.05, 0.1) is 0 Å². The molecule has 0 aromatic heterocycles. The second kappa shape index (κ2) is 10.2. The molecule has 3 N–H and O–H groups in total. The standard InChI is InChI=1S/C21H20BrClN2O4/c1-12(2)18(21(28)29)25-20(27)17(11-13-3-9-16(23)10-4-13)24-19(26)14-5-7-15(22)8-6-14/h3-12,18H,1-2H3,(H,24,26)(H,25,27)(H,28,29). The summed E-state index contributed by atoms with van der Waals surface area (Å²) in [5, 5.41) is 14.9. The van der Waals surface area contributed by atoms with Gasteiger partial charge in [0.25, 0.3) is 11.8 Å². The summed E-state index contributed by atoms with van der Waals surface area (Å²) in [5.41, 5.74) is 0.890. The molecule has 0 radical (unpaired) electrons. The first-order chi connectivity index (χ1) is 13.7. The Kier molecular flexibility index (Phi) is 7.99. The zero-order chi connectivity index (χ0) is 21.6. The van der Waals surface area contributed by atoms with E-state index in [0.717, 1.165) is 4.47 Å². The molecule has 2 aromatic rings. The quantitative estimate of drug-likeness (QED) is 0.521. The second-order valence-corrected chi connectivity index (χ2v) is 7.96. The third-order valence-corrected chi connectivity index (χ3v) is 4.78. The minimum atomic E-state index is -1.15. The van der Waals surface area contributed by atoms with Gasteiger partial charge in [-0.15, -0.1) is 0 Å². The van der Waals surface area contributed by atoms with Crippen LogP contribution in [0.3, 0.4) is 0 Å². The molecule has 6 nitrogen and oxygen atoms in total. The van der Waals surface area contributed by atoms with Crippen LogP contribution >= 0.6 is 27.5 Å². The number of amides is 2. The van der Waals surface area contributed by atoms with E-state index in [2.05, 4.69) is 26.6 Å². The maximum atomic E-state index is 12.8. The summed E-state index contributed by atoms with van der Waals surface area (Å²) in [5.74, 6) is -2.69. The largest absolute Gasteiger partial charge is 0.480 e. The van der Waals surface area contributed by atoms with Crippen LogP contribution in [0.25, 0.3) is 6.08 Å². The van der Waals surface area contributed by atoms with Crippen LogP contribution in [0.1, 0.15) is 29.8 Å². The van der Waals surface area contributed by atoms with Gasteiger partial charge in [-0.1, -0.05) is 53.5 Å². The normalized spacial score (nSPS) is 12.4. The predicted octanol–water partition coefficient (Wildman–Crippen LogP) is 4.10. The van der Waals surface area contributed by atoms with Crippen molar-refractivity contribution in [3.05, 3.63) is 74.9 Å². The molecule has 8 heteroatoms. The van der Waals surface area contributed by atoms with E-state index < -0.39 is 23.8 Å². The number of benzene rings is 2. The summed E-state index contributed by atoms with van der Waals surface area (Å²) < 4.78 is 0.810. The molecule has 2 amide bonds. The van der Waals surface area contributed by atoms with Gasteiger partial charge in [-0.05, 0) is 54.0 Å². The van der Waals surface area contributed by atoms with E-state index in [9.17, 15) is 19.5 Å². The number of carbonyl (C=O) groups excluding carboxylic acids is 2. The van der Waals surface area contributed by atoms with Gasteiger partial charge in [-0.3, -0.25) is 9.59 Å². The number of carboxylic acids is 1. The van der Waals surface area contributed by atoms with Crippen LogP contribution in [-0.2, 0) is 9.59 Å². The van der Waals surface area contributed by atoms with Crippen molar-refractivity contribution in [2.75, 3.05) is 0 Å². The SMILES string of the molecule is CC(C)C(NC(=O)C(=Cc1ccc(Cl)cc1)NC(=O)c1ccc(Br)cc1)C(=O)O. The fraction of sp³-hybridized carbons (Fsp3) is 0.190. The highest BCUT2D eigenvalue weighted by Gasteiger charge is 2.25. The molecule has 29 heavy (non-hydrogen) atoms. The number of hydrogen-bond acceptors (Lipinski definition) is 3. The minimum absolute atomic E-state index is 0.0767. The van der Waals surface area contributed by atoms with Crippen LogP contribution in [-0.4, -0.2) is 28.9 Å². The molecular weight excluding hydrogens is 460 g/mol. The lowest BCUT2D eigenvalue weighted by Gasteiger charge is -2.19. The Morgan fingerprint density at radius 3 is 2.14 bits per heavy atom.